The van der Waals surface area contributed by atoms with Crippen molar-refractivity contribution in [2.45, 2.75) is 13.8 Å². The van der Waals surface area contributed by atoms with E-state index < -0.39 is 0 Å². The van der Waals surface area contributed by atoms with E-state index in [1.165, 1.54) is 11.3 Å². The Morgan fingerprint density at radius 1 is 1.36 bits per heavy atom. The summed E-state index contributed by atoms with van der Waals surface area (Å²) in [6, 6.07) is 11.5. The van der Waals surface area contributed by atoms with E-state index in [0.717, 1.165) is 33.3 Å². The molecule has 3 rings (SSSR count). The highest BCUT2D eigenvalue weighted by Gasteiger charge is 2.10. The molecule has 128 valence electrons. The predicted octanol–water partition coefficient (Wildman–Crippen LogP) is 5.13. The molecule has 0 bridgehead atoms. The minimum Gasteiger partial charge on any atom is -0.460 e. The summed E-state index contributed by atoms with van der Waals surface area (Å²) in [6.07, 6.45) is 1.76. The van der Waals surface area contributed by atoms with Gasteiger partial charge in [-0.1, -0.05) is 29.8 Å². The summed E-state index contributed by atoms with van der Waals surface area (Å²) in [5.41, 5.74) is 2.68. The lowest BCUT2D eigenvalue weighted by molar-refractivity contribution is 0.524. The smallest absolute Gasteiger partial charge is 0.206 e. The van der Waals surface area contributed by atoms with Gasteiger partial charge in [0.1, 0.15) is 17.2 Å². The zero-order valence-corrected chi connectivity index (χ0v) is 15.6. The Balaban J connectivity index is 2.15. The van der Waals surface area contributed by atoms with Crippen molar-refractivity contribution in [3.8, 4) is 11.3 Å². The van der Waals surface area contributed by atoms with Gasteiger partial charge in [-0.15, -0.1) is 17.9 Å². The molecule has 2 heterocycles. The Bertz CT molecular complexity index is 994. The van der Waals surface area contributed by atoms with E-state index in [2.05, 4.69) is 11.6 Å². The Morgan fingerprint density at radius 2 is 2.20 bits per heavy atom. The van der Waals surface area contributed by atoms with Crippen LogP contribution in [0.15, 0.2) is 68.9 Å². The molecule has 0 saturated carbocycles. The van der Waals surface area contributed by atoms with Gasteiger partial charge in [0.05, 0.1) is 12.2 Å². The third kappa shape index (κ3) is 4.00. The van der Waals surface area contributed by atoms with Crippen LogP contribution < -0.4 is 4.80 Å². The van der Waals surface area contributed by atoms with Crippen molar-refractivity contribution in [2.24, 2.45) is 10.1 Å². The van der Waals surface area contributed by atoms with Crippen molar-refractivity contribution in [1.29, 1.82) is 0 Å². The molecule has 0 unspecified atom stereocenters. The summed E-state index contributed by atoms with van der Waals surface area (Å²) in [4.78, 5) is 5.33. The standard InChI is InChI=1S/C19H18ClN3OS/c1-4-10-21-19-23(22-14(3)18-9-8-13(2)24-18)17(12-25-19)15-6-5-7-16(20)11-15/h4-9,11-12H,1,10H2,2-3H3. The highest BCUT2D eigenvalue weighted by molar-refractivity contribution is 7.07. The molecule has 0 amide bonds. The van der Waals surface area contributed by atoms with E-state index in [-0.39, 0.29) is 0 Å². The van der Waals surface area contributed by atoms with Gasteiger partial charge in [0.15, 0.2) is 0 Å². The minimum atomic E-state index is 0.532. The first-order valence-corrected chi connectivity index (χ1v) is 9.04. The number of aryl methyl sites for hydroxylation is 1. The van der Waals surface area contributed by atoms with Gasteiger partial charge in [-0.05, 0) is 38.1 Å². The molecule has 0 atom stereocenters. The maximum Gasteiger partial charge on any atom is 0.206 e. The van der Waals surface area contributed by atoms with Crippen molar-refractivity contribution in [1.82, 2.24) is 4.68 Å². The van der Waals surface area contributed by atoms with Crippen molar-refractivity contribution in [3.63, 3.8) is 0 Å². The predicted molar refractivity (Wildman–Crippen MR) is 104 cm³/mol. The molecule has 0 aliphatic carbocycles. The number of hydrogen-bond donors (Lipinski definition) is 0. The Kier molecular flexibility index (Phi) is 5.36. The molecule has 4 nitrogen and oxygen atoms in total. The Morgan fingerprint density at radius 3 is 2.88 bits per heavy atom. The van der Waals surface area contributed by atoms with Crippen LogP contribution in [0.2, 0.25) is 5.02 Å². The summed E-state index contributed by atoms with van der Waals surface area (Å²) in [7, 11) is 0. The van der Waals surface area contributed by atoms with Crippen LogP contribution in [0.4, 0.5) is 0 Å². The van der Waals surface area contributed by atoms with Gasteiger partial charge < -0.3 is 4.42 Å². The van der Waals surface area contributed by atoms with Gasteiger partial charge in [0, 0.05) is 16.0 Å². The fraction of sp³-hybridized carbons (Fsp3) is 0.158. The SMILES string of the molecule is C=CCN=c1scc(-c2cccc(Cl)c2)n1N=C(C)c1ccc(C)o1. The summed E-state index contributed by atoms with van der Waals surface area (Å²) in [6.45, 7) is 8.09. The molecular weight excluding hydrogens is 354 g/mol. The fourth-order valence-electron chi connectivity index (χ4n) is 2.32. The van der Waals surface area contributed by atoms with Crippen LogP contribution in [0.3, 0.4) is 0 Å². The quantitative estimate of drug-likeness (QED) is 0.452. The molecule has 0 spiro atoms. The second-order valence-electron chi connectivity index (χ2n) is 5.45. The number of hydrogen-bond acceptors (Lipinski definition) is 4. The van der Waals surface area contributed by atoms with Gasteiger partial charge in [-0.2, -0.15) is 5.10 Å². The number of benzene rings is 1. The summed E-state index contributed by atoms with van der Waals surface area (Å²) in [5, 5.41) is 7.45. The van der Waals surface area contributed by atoms with E-state index in [0.29, 0.717) is 11.6 Å². The highest BCUT2D eigenvalue weighted by Crippen LogP contribution is 2.23. The van der Waals surface area contributed by atoms with Gasteiger partial charge in [-0.25, -0.2) is 4.68 Å². The summed E-state index contributed by atoms with van der Waals surface area (Å²) < 4.78 is 7.50. The lowest BCUT2D eigenvalue weighted by Gasteiger charge is -2.05. The second-order valence-corrected chi connectivity index (χ2v) is 6.72. The number of thiazole rings is 1. The third-order valence-electron chi connectivity index (χ3n) is 3.51. The van der Waals surface area contributed by atoms with Gasteiger partial charge in [-0.3, -0.25) is 4.99 Å². The number of furan rings is 1. The zero-order valence-electron chi connectivity index (χ0n) is 14.1. The number of nitrogens with zero attached hydrogens (tertiary/aromatic N) is 3. The molecule has 0 radical (unpaired) electrons. The average molecular weight is 372 g/mol. The van der Waals surface area contributed by atoms with Crippen LogP contribution in [0.5, 0.6) is 0 Å². The van der Waals surface area contributed by atoms with Crippen LogP contribution in [0.1, 0.15) is 18.4 Å². The van der Waals surface area contributed by atoms with Gasteiger partial charge >= 0.3 is 0 Å². The molecule has 3 aromatic rings. The average Bonchev–Trinajstić information content (AvgIpc) is 3.19. The van der Waals surface area contributed by atoms with Gasteiger partial charge in [0.25, 0.3) is 0 Å². The molecule has 0 aliphatic rings. The first kappa shape index (κ1) is 17.5. The lowest BCUT2D eigenvalue weighted by Crippen LogP contribution is -2.14. The monoisotopic (exact) mass is 371 g/mol. The van der Waals surface area contributed by atoms with Crippen LogP contribution in [-0.2, 0) is 0 Å². The summed E-state index contributed by atoms with van der Waals surface area (Å²) in [5.74, 6) is 1.59. The Hall–Kier alpha value is -2.37. The third-order valence-corrected chi connectivity index (χ3v) is 4.60. The maximum absolute atomic E-state index is 6.15. The van der Waals surface area contributed by atoms with Crippen LogP contribution in [0, 0.1) is 6.92 Å². The van der Waals surface area contributed by atoms with Crippen LogP contribution >= 0.6 is 22.9 Å². The zero-order chi connectivity index (χ0) is 17.8. The topological polar surface area (TPSA) is 42.8 Å². The molecule has 0 N–H and O–H groups in total. The molecule has 1 aromatic carbocycles. The molecule has 25 heavy (non-hydrogen) atoms. The van der Waals surface area contributed by atoms with E-state index in [1.54, 1.807) is 6.08 Å². The molecule has 0 saturated heterocycles. The van der Waals surface area contributed by atoms with E-state index in [4.69, 9.17) is 21.1 Å². The van der Waals surface area contributed by atoms with Crippen molar-refractivity contribution < 1.29 is 4.42 Å². The minimum absolute atomic E-state index is 0.532. The highest BCUT2D eigenvalue weighted by atomic mass is 35.5. The van der Waals surface area contributed by atoms with Crippen molar-refractivity contribution in [3.05, 3.63) is 75.8 Å². The maximum atomic E-state index is 6.15. The summed E-state index contributed by atoms with van der Waals surface area (Å²) >= 11 is 7.68. The largest absolute Gasteiger partial charge is 0.460 e. The van der Waals surface area contributed by atoms with Crippen molar-refractivity contribution >= 4 is 28.6 Å². The molecule has 6 heteroatoms. The van der Waals surface area contributed by atoms with E-state index >= 15 is 0 Å². The normalized spacial score (nSPS) is 12.6. The fourth-order valence-corrected chi connectivity index (χ4v) is 3.35. The number of halogens is 1. The lowest BCUT2D eigenvalue weighted by atomic mass is 10.2. The van der Waals surface area contributed by atoms with E-state index in [1.807, 2.05) is 60.3 Å². The van der Waals surface area contributed by atoms with Crippen molar-refractivity contribution in [2.75, 3.05) is 6.54 Å². The number of aromatic nitrogens is 1. The first-order chi connectivity index (χ1) is 12.1. The molecule has 0 aliphatic heterocycles. The van der Waals surface area contributed by atoms with Gasteiger partial charge in [0.2, 0.25) is 4.80 Å². The molecule has 2 aromatic heterocycles. The number of rotatable bonds is 5. The van der Waals surface area contributed by atoms with Crippen LogP contribution in [-0.4, -0.2) is 16.9 Å². The Labute approximate surface area is 155 Å². The molecular formula is C19H18ClN3OS. The van der Waals surface area contributed by atoms with E-state index in [9.17, 15) is 0 Å². The van der Waals surface area contributed by atoms with Crippen LogP contribution in [0.25, 0.3) is 11.3 Å². The first-order valence-electron chi connectivity index (χ1n) is 7.78. The molecule has 0 fully saturated rings. The second kappa shape index (κ2) is 7.68.